The average molecular weight is 211 g/mol. The monoisotopic (exact) mass is 211 g/mol. The number of nitrogens with two attached hydrogens (primary N) is 1. The molecule has 3 nitrogen and oxygen atoms in total. The predicted molar refractivity (Wildman–Crippen MR) is 42.5 cm³/mol. The van der Waals surface area contributed by atoms with Crippen LogP contribution in [0.25, 0.3) is 0 Å². The molecule has 0 aromatic heterocycles. The summed E-state index contributed by atoms with van der Waals surface area (Å²) in [6.07, 6.45) is -4.74. The lowest BCUT2D eigenvalue weighted by molar-refractivity contribution is -0.180. The quantitative estimate of drug-likeness (QED) is 0.738. The Morgan fingerprint density at radius 1 is 1.43 bits per heavy atom. The van der Waals surface area contributed by atoms with Crippen molar-refractivity contribution in [2.75, 3.05) is 6.54 Å². The highest BCUT2D eigenvalue weighted by Crippen LogP contribution is 2.50. The van der Waals surface area contributed by atoms with E-state index in [4.69, 9.17) is 10.8 Å². The maximum Gasteiger partial charge on any atom is 0.390 e. The van der Waals surface area contributed by atoms with Gasteiger partial charge in [-0.2, -0.15) is 13.2 Å². The van der Waals surface area contributed by atoms with E-state index in [1.807, 2.05) is 0 Å². The number of rotatable bonds is 4. The highest BCUT2D eigenvalue weighted by atomic mass is 19.4. The van der Waals surface area contributed by atoms with Crippen molar-refractivity contribution in [1.82, 2.24) is 0 Å². The maximum atomic E-state index is 12.2. The molecule has 0 heterocycles. The molecule has 0 radical (unpaired) electrons. The minimum atomic E-state index is -4.47. The molecular formula is C8H12F3NO2. The summed E-state index contributed by atoms with van der Waals surface area (Å²) in [4.78, 5) is 10.8. The summed E-state index contributed by atoms with van der Waals surface area (Å²) in [5.74, 6) is -1.84. The van der Waals surface area contributed by atoms with Crippen molar-refractivity contribution in [3.05, 3.63) is 0 Å². The third-order valence-corrected chi connectivity index (χ3v) is 2.66. The van der Waals surface area contributed by atoms with Gasteiger partial charge in [-0.15, -0.1) is 0 Å². The number of aliphatic carboxylic acids is 1. The number of hydrogen-bond donors (Lipinski definition) is 2. The lowest BCUT2D eigenvalue weighted by Gasteiger charge is -2.28. The fourth-order valence-electron chi connectivity index (χ4n) is 1.71. The van der Waals surface area contributed by atoms with Gasteiger partial charge < -0.3 is 10.8 Å². The van der Waals surface area contributed by atoms with Crippen LogP contribution < -0.4 is 5.73 Å². The summed E-state index contributed by atoms with van der Waals surface area (Å²) in [5.41, 5.74) is 3.38. The summed E-state index contributed by atoms with van der Waals surface area (Å²) in [6, 6.07) is 0. The second-order valence-corrected chi connectivity index (χ2v) is 3.73. The molecule has 0 bridgehead atoms. The van der Waals surface area contributed by atoms with E-state index in [1.54, 1.807) is 0 Å². The van der Waals surface area contributed by atoms with E-state index in [1.165, 1.54) is 0 Å². The predicted octanol–water partition coefficient (Wildman–Crippen LogP) is 1.38. The van der Waals surface area contributed by atoms with Gasteiger partial charge in [0.15, 0.2) is 0 Å². The molecule has 0 aromatic carbocycles. The number of carboxylic acid groups (broad SMARTS) is 1. The molecule has 3 N–H and O–H groups in total. The molecule has 0 amide bonds. The van der Waals surface area contributed by atoms with Gasteiger partial charge in [-0.25, -0.2) is 0 Å². The van der Waals surface area contributed by atoms with Gasteiger partial charge in [-0.1, -0.05) is 0 Å². The van der Waals surface area contributed by atoms with Crippen molar-refractivity contribution in [3.8, 4) is 0 Å². The molecule has 14 heavy (non-hydrogen) atoms. The zero-order chi connectivity index (χ0) is 11.0. The van der Waals surface area contributed by atoms with E-state index in [2.05, 4.69) is 0 Å². The van der Waals surface area contributed by atoms with Crippen LogP contribution in [0, 0.1) is 11.3 Å². The molecule has 1 rings (SSSR count). The largest absolute Gasteiger partial charge is 0.481 e. The van der Waals surface area contributed by atoms with E-state index in [9.17, 15) is 18.0 Å². The Labute approximate surface area is 79.1 Å². The lowest BCUT2D eigenvalue weighted by Crippen LogP contribution is -2.44. The van der Waals surface area contributed by atoms with Gasteiger partial charge in [0.25, 0.3) is 0 Å². The van der Waals surface area contributed by atoms with Crippen LogP contribution in [0.5, 0.6) is 0 Å². The van der Waals surface area contributed by atoms with Crippen molar-refractivity contribution in [2.45, 2.75) is 25.4 Å². The van der Waals surface area contributed by atoms with Gasteiger partial charge in [-0.3, -0.25) is 4.79 Å². The normalized spacial score (nSPS) is 21.7. The first-order chi connectivity index (χ1) is 6.32. The first-order valence-electron chi connectivity index (χ1n) is 4.32. The van der Waals surface area contributed by atoms with Crippen LogP contribution in [-0.4, -0.2) is 23.8 Å². The summed E-state index contributed by atoms with van der Waals surface area (Å²) in [5, 5.41) is 8.82. The summed E-state index contributed by atoms with van der Waals surface area (Å²) in [7, 11) is 0. The van der Waals surface area contributed by atoms with Crippen LogP contribution in [0.1, 0.15) is 19.3 Å². The molecular weight excluding hydrogens is 199 g/mol. The van der Waals surface area contributed by atoms with Crippen molar-refractivity contribution in [2.24, 2.45) is 17.1 Å². The van der Waals surface area contributed by atoms with Crippen LogP contribution in [0.4, 0.5) is 13.2 Å². The van der Waals surface area contributed by atoms with Crippen LogP contribution in [0.3, 0.4) is 0 Å². The SMILES string of the molecule is NCC(CC(F)(F)F)(C(=O)O)C1CC1. The number of carbonyl (C=O) groups is 1. The lowest BCUT2D eigenvalue weighted by atomic mass is 9.79. The molecule has 1 aliphatic carbocycles. The number of halogens is 3. The fraction of sp³-hybridized carbons (Fsp3) is 0.875. The smallest absolute Gasteiger partial charge is 0.390 e. The highest BCUT2D eigenvalue weighted by Gasteiger charge is 2.55. The van der Waals surface area contributed by atoms with Gasteiger partial charge in [0, 0.05) is 6.54 Å². The molecule has 82 valence electrons. The van der Waals surface area contributed by atoms with Gasteiger partial charge >= 0.3 is 12.1 Å². The molecule has 6 heteroatoms. The Balaban J connectivity index is 2.84. The summed E-state index contributed by atoms with van der Waals surface area (Å²) >= 11 is 0. The average Bonchev–Trinajstić information content (AvgIpc) is 2.80. The third-order valence-electron chi connectivity index (χ3n) is 2.66. The van der Waals surface area contributed by atoms with Crippen molar-refractivity contribution >= 4 is 5.97 Å². The van der Waals surface area contributed by atoms with Gasteiger partial charge in [0.2, 0.25) is 0 Å². The van der Waals surface area contributed by atoms with E-state index in [0.717, 1.165) is 0 Å². The maximum absolute atomic E-state index is 12.2. The van der Waals surface area contributed by atoms with E-state index >= 15 is 0 Å². The molecule has 0 aromatic rings. The molecule has 0 spiro atoms. The van der Waals surface area contributed by atoms with E-state index in [-0.39, 0.29) is 0 Å². The van der Waals surface area contributed by atoms with Crippen LogP contribution >= 0.6 is 0 Å². The third kappa shape index (κ3) is 2.17. The summed E-state index contributed by atoms with van der Waals surface area (Å²) in [6.45, 7) is -0.452. The molecule has 1 aliphatic rings. The second-order valence-electron chi connectivity index (χ2n) is 3.73. The first-order valence-corrected chi connectivity index (χ1v) is 4.32. The number of hydrogen-bond acceptors (Lipinski definition) is 2. The van der Waals surface area contributed by atoms with Crippen LogP contribution in [-0.2, 0) is 4.79 Å². The Kier molecular flexibility index (Phi) is 2.76. The van der Waals surface area contributed by atoms with E-state index in [0.29, 0.717) is 12.8 Å². The van der Waals surface area contributed by atoms with Gasteiger partial charge in [0.1, 0.15) is 0 Å². The minimum Gasteiger partial charge on any atom is -0.481 e. The Morgan fingerprint density at radius 3 is 2.14 bits per heavy atom. The fourth-order valence-corrected chi connectivity index (χ4v) is 1.71. The zero-order valence-corrected chi connectivity index (χ0v) is 7.47. The Morgan fingerprint density at radius 2 is 1.93 bits per heavy atom. The van der Waals surface area contributed by atoms with Crippen molar-refractivity contribution in [1.29, 1.82) is 0 Å². The zero-order valence-electron chi connectivity index (χ0n) is 7.47. The molecule has 0 aliphatic heterocycles. The highest BCUT2D eigenvalue weighted by molar-refractivity contribution is 5.76. The van der Waals surface area contributed by atoms with Gasteiger partial charge in [-0.05, 0) is 18.8 Å². The standard InChI is InChI=1S/C8H12F3NO2/c9-8(10,11)3-7(4-12,6(13)14)5-1-2-5/h5H,1-4,12H2,(H,13,14). The van der Waals surface area contributed by atoms with Crippen molar-refractivity contribution in [3.63, 3.8) is 0 Å². The topological polar surface area (TPSA) is 63.3 Å². The number of carboxylic acids is 1. The molecule has 1 atom stereocenters. The Bertz CT molecular complexity index is 237. The second kappa shape index (κ2) is 3.42. The van der Waals surface area contributed by atoms with Crippen LogP contribution in [0.2, 0.25) is 0 Å². The van der Waals surface area contributed by atoms with Gasteiger partial charge in [0.05, 0.1) is 11.8 Å². The van der Waals surface area contributed by atoms with Crippen LogP contribution in [0.15, 0.2) is 0 Å². The Hall–Kier alpha value is -0.780. The number of alkyl halides is 3. The molecule has 1 fully saturated rings. The molecule has 1 saturated carbocycles. The first kappa shape index (κ1) is 11.3. The van der Waals surface area contributed by atoms with Crippen molar-refractivity contribution < 1.29 is 23.1 Å². The minimum absolute atomic E-state index is 0.411. The summed E-state index contributed by atoms with van der Waals surface area (Å²) < 4.78 is 36.5. The van der Waals surface area contributed by atoms with E-state index < -0.39 is 36.4 Å². The molecule has 1 unspecified atom stereocenters. The molecule has 0 saturated heterocycles.